The largest absolute Gasteiger partial charge is 0.492 e. The van der Waals surface area contributed by atoms with Crippen molar-refractivity contribution in [3.05, 3.63) is 29.8 Å². The maximum Gasteiger partial charge on any atom is 0.119 e. The third kappa shape index (κ3) is 4.71. The third-order valence-electron chi connectivity index (χ3n) is 3.34. The molecule has 0 unspecified atom stereocenters. The summed E-state index contributed by atoms with van der Waals surface area (Å²) < 4.78 is 6.16. The maximum atomic E-state index is 5.79. The minimum absolute atomic E-state index is 0.376. The number of hydrogen-bond acceptors (Lipinski definition) is 4. The van der Waals surface area contributed by atoms with Crippen LogP contribution in [0.1, 0.15) is 19.4 Å². The average Bonchev–Trinajstić information content (AvgIpc) is 2.38. The van der Waals surface area contributed by atoms with Gasteiger partial charge in [0.05, 0.1) is 0 Å². The van der Waals surface area contributed by atoms with Crippen molar-refractivity contribution in [1.82, 2.24) is 4.90 Å². The van der Waals surface area contributed by atoms with Crippen LogP contribution in [0.2, 0.25) is 0 Å². The van der Waals surface area contributed by atoms with Crippen molar-refractivity contribution < 1.29 is 4.74 Å². The first kappa shape index (κ1) is 14.7. The predicted octanol–water partition coefficient (Wildman–Crippen LogP) is 2.35. The summed E-state index contributed by atoms with van der Waals surface area (Å²) in [7, 11) is 0. The summed E-state index contributed by atoms with van der Waals surface area (Å²) in [6, 6.07) is 8.04. The Morgan fingerprint density at radius 2 is 2.05 bits per heavy atom. The fraction of sp³-hybridized carbons (Fsp3) is 0.600. The zero-order chi connectivity index (χ0) is 13.7. The molecule has 1 aliphatic rings. The molecule has 0 amide bonds. The molecule has 0 aromatic heterocycles. The molecule has 0 saturated carbocycles. The van der Waals surface area contributed by atoms with Crippen LogP contribution in [0.15, 0.2) is 24.3 Å². The molecule has 2 rings (SSSR count). The van der Waals surface area contributed by atoms with E-state index in [1.54, 1.807) is 0 Å². The van der Waals surface area contributed by atoms with Crippen LogP contribution in [0.4, 0.5) is 0 Å². The Morgan fingerprint density at radius 3 is 2.68 bits per heavy atom. The number of hydrogen-bond donors (Lipinski definition) is 1. The van der Waals surface area contributed by atoms with E-state index in [0.717, 1.165) is 31.0 Å². The quantitative estimate of drug-likeness (QED) is 0.898. The van der Waals surface area contributed by atoms with Gasteiger partial charge in [0.1, 0.15) is 12.4 Å². The van der Waals surface area contributed by atoms with E-state index in [4.69, 9.17) is 10.5 Å². The van der Waals surface area contributed by atoms with Crippen molar-refractivity contribution in [1.29, 1.82) is 0 Å². The van der Waals surface area contributed by atoms with Crippen LogP contribution >= 0.6 is 11.8 Å². The molecule has 1 heterocycles. The summed E-state index contributed by atoms with van der Waals surface area (Å²) in [6.45, 7) is 9.29. The van der Waals surface area contributed by atoms with Crippen molar-refractivity contribution in [3.8, 4) is 5.75 Å². The van der Waals surface area contributed by atoms with Gasteiger partial charge in [-0.1, -0.05) is 12.1 Å². The average molecular weight is 280 g/mol. The van der Waals surface area contributed by atoms with Gasteiger partial charge in [-0.05, 0) is 31.5 Å². The van der Waals surface area contributed by atoms with Crippen LogP contribution in [0.5, 0.6) is 5.75 Å². The molecule has 0 atom stereocenters. The predicted molar refractivity (Wildman–Crippen MR) is 82.8 cm³/mol. The van der Waals surface area contributed by atoms with Crippen LogP contribution in [0.25, 0.3) is 0 Å². The lowest BCUT2D eigenvalue weighted by atomic mass is 10.2. The highest BCUT2D eigenvalue weighted by Gasteiger charge is 2.26. The van der Waals surface area contributed by atoms with E-state index in [2.05, 4.69) is 30.5 Å². The molecular formula is C15H24N2OS. The highest BCUT2D eigenvalue weighted by Crippen LogP contribution is 2.29. The first-order valence-electron chi connectivity index (χ1n) is 6.87. The second-order valence-electron chi connectivity index (χ2n) is 5.58. The van der Waals surface area contributed by atoms with Crippen molar-refractivity contribution in [2.75, 3.05) is 32.0 Å². The molecule has 0 spiro atoms. The highest BCUT2D eigenvalue weighted by molar-refractivity contribution is 8.00. The SMILES string of the molecule is CC1(C)CN(CCOc2ccc(CN)cc2)CCS1. The summed E-state index contributed by atoms with van der Waals surface area (Å²) >= 11 is 2.06. The van der Waals surface area contributed by atoms with Crippen molar-refractivity contribution in [3.63, 3.8) is 0 Å². The molecular weight excluding hydrogens is 256 g/mol. The van der Waals surface area contributed by atoms with E-state index in [9.17, 15) is 0 Å². The van der Waals surface area contributed by atoms with Gasteiger partial charge in [0.15, 0.2) is 0 Å². The Hall–Kier alpha value is -0.710. The number of nitrogens with zero attached hydrogens (tertiary/aromatic N) is 1. The Labute approximate surface area is 120 Å². The van der Waals surface area contributed by atoms with Crippen LogP contribution in [-0.4, -0.2) is 41.6 Å². The number of nitrogens with two attached hydrogens (primary N) is 1. The van der Waals surface area contributed by atoms with Crippen LogP contribution in [-0.2, 0) is 6.54 Å². The van der Waals surface area contributed by atoms with Gasteiger partial charge in [-0.25, -0.2) is 0 Å². The standard InChI is InChI=1S/C15H24N2OS/c1-15(2)12-17(8-10-19-15)7-9-18-14-5-3-13(11-16)4-6-14/h3-6H,7-12,16H2,1-2H3. The second kappa shape index (κ2) is 6.64. The highest BCUT2D eigenvalue weighted by atomic mass is 32.2. The Morgan fingerprint density at radius 1 is 1.32 bits per heavy atom. The van der Waals surface area contributed by atoms with Gasteiger partial charge in [-0.3, -0.25) is 4.90 Å². The lowest BCUT2D eigenvalue weighted by Crippen LogP contribution is -2.44. The van der Waals surface area contributed by atoms with Gasteiger partial charge in [0.25, 0.3) is 0 Å². The third-order valence-corrected chi connectivity index (χ3v) is 4.64. The molecule has 0 radical (unpaired) electrons. The molecule has 4 heteroatoms. The first-order valence-corrected chi connectivity index (χ1v) is 7.86. The lowest BCUT2D eigenvalue weighted by Gasteiger charge is -2.37. The Bertz CT molecular complexity index is 392. The number of rotatable bonds is 5. The molecule has 1 aromatic rings. The van der Waals surface area contributed by atoms with Crippen molar-refractivity contribution >= 4 is 11.8 Å². The summed E-state index contributed by atoms with van der Waals surface area (Å²) in [5.74, 6) is 2.15. The molecule has 0 bridgehead atoms. The topological polar surface area (TPSA) is 38.5 Å². The van der Waals surface area contributed by atoms with E-state index >= 15 is 0 Å². The second-order valence-corrected chi connectivity index (χ2v) is 7.38. The molecule has 1 fully saturated rings. The Kier molecular flexibility index (Phi) is 5.13. The van der Waals surface area contributed by atoms with Gasteiger partial charge in [0, 0.05) is 36.7 Å². The molecule has 3 nitrogen and oxygen atoms in total. The Balaban J connectivity index is 1.73. The van der Waals surface area contributed by atoms with E-state index < -0.39 is 0 Å². The monoisotopic (exact) mass is 280 g/mol. The lowest BCUT2D eigenvalue weighted by molar-refractivity contribution is 0.202. The van der Waals surface area contributed by atoms with Crippen LogP contribution in [0, 0.1) is 0 Å². The van der Waals surface area contributed by atoms with Crippen LogP contribution in [0.3, 0.4) is 0 Å². The summed E-state index contributed by atoms with van der Waals surface area (Å²) in [5, 5.41) is 0. The van der Waals surface area contributed by atoms with E-state index in [1.165, 1.54) is 12.3 Å². The van der Waals surface area contributed by atoms with Gasteiger partial charge >= 0.3 is 0 Å². The van der Waals surface area contributed by atoms with Gasteiger partial charge in [-0.2, -0.15) is 11.8 Å². The van der Waals surface area contributed by atoms with Gasteiger partial charge in [-0.15, -0.1) is 0 Å². The fourth-order valence-electron chi connectivity index (χ4n) is 2.32. The van der Waals surface area contributed by atoms with E-state index in [-0.39, 0.29) is 0 Å². The number of ether oxygens (including phenoxy) is 1. The molecule has 0 aliphatic carbocycles. The molecule has 2 N–H and O–H groups in total. The van der Waals surface area contributed by atoms with Crippen LogP contribution < -0.4 is 10.5 Å². The maximum absolute atomic E-state index is 5.79. The molecule has 1 saturated heterocycles. The molecule has 106 valence electrons. The van der Waals surface area contributed by atoms with Crippen molar-refractivity contribution in [2.45, 2.75) is 25.1 Å². The number of benzene rings is 1. The van der Waals surface area contributed by atoms with Gasteiger partial charge < -0.3 is 10.5 Å². The first-order chi connectivity index (χ1) is 9.09. The zero-order valence-electron chi connectivity index (χ0n) is 11.9. The summed E-state index contributed by atoms with van der Waals surface area (Å²) in [6.07, 6.45) is 0. The minimum atomic E-state index is 0.376. The van der Waals surface area contributed by atoms with Crippen molar-refractivity contribution in [2.24, 2.45) is 5.73 Å². The smallest absolute Gasteiger partial charge is 0.119 e. The normalized spacial score (nSPS) is 19.3. The van der Waals surface area contributed by atoms with E-state index in [1.807, 2.05) is 24.3 Å². The summed E-state index contributed by atoms with van der Waals surface area (Å²) in [4.78, 5) is 2.49. The molecule has 19 heavy (non-hydrogen) atoms. The molecule has 1 aliphatic heterocycles. The molecule has 1 aromatic carbocycles. The fourth-order valence-corrected chi connectivity index (χ4v) is 3.50. The van der Waals surface area contributed by atoms with Gasteiger partial charge in [0.2, 0.25) is 0 Å². The summed E-state index contributed by atoms with van der Waals surface area (Å²) in [5.41, 5.74) is 6.71. The minimum Gasteiger partial charge on any atom is -0.492 e. The van der Waals surface area contributed by atoms with E-state index in [0.29, 0.717) is 11.3 Å². The number of thioether (sulfide) groups is 1. The zero-order valence-corrected chi connectivity index (χ0v) is 12.7.